The Kier molecular flexibility index (Phi) is 2.80. The van der Waals surface area contributed by atoms with Crippen molar-refractivity contribution in [1.82, 2.24) is 0 Å². The van der Waals surface area contributed by atoms with Crippen molar-refractivity contribution in [2.45, 2.75) is 18.1 Å². The van der Waals surface area contributed by atoms with Crippen molar-refractivity contribution < 1.29 is 17.9 Å². The van der Waals surface area contributed by atoms with Crippen LogP contribution in [0.15, 0.2) is 18.2 Å². The van der Waals surface area contributed by atoms with E-state index in [0.717, 1.165) is 6.07 Å². The Morgan fingerprint density at radius 1 is 1.38 bits per heavy atom. The summed E-state index contributed by atoms with van der Waals surface area (Å²) < 4.78 is 43.7. The highest BCUT2D eigenvalue weighted by Crippen LogP contribution is 2.39. The molecular weight excluding hydrogens is 219 g/mol. The average molecular weight is 231 g/mol. The van der Waals surface area contributed by atoms with Crippen LogP contribution in [0.1, 0.15) is 18.0 Å². The van der Waals surface area contributed by atoms with E-state index in [-0.39, 0.29) is 12.2 Å². The van der Waals surface area contributed by atoms with E-state index in [1.807, 2.05) is 0 Å². The van der Waals surface area contributed by atoms with Crippen molar-refractivity contribution in [2.24, 2.45) is 5.73 Å². The molecule has 2 nitrogen and oxygen atoms in total. The van der Waals surface area contributed by atoms with Crippen molar-refractivity contribution >= 4 is 0 Å². The predicted octanol–water partition coefficient (Wildman–Crippen LogP) is 2.29. The first kappa shape index (κ1) is 11.3. The van der Waals surface area contributed by atoms with Crippen LogP contribution in [0.2, 0.25) is 0 Å². The van der Waals surface area contributed by atoms with Crippen LogP contribution < -0.4 is 10.5 Å². The number of hydrogen-bond acceptors (Lipinski definition) is 2. The van der Waals surface area contributed by atoms with Gasteiger partial charge in [0, 0.05) is 24.1 Å². The maximum absolute atomic E-state index is 13.0. The van der Waals surface area contributed by atoms with Gasteiger partial charge >= 0.3 is 0 Å². The van der Waals surface area contributed by atoms with Crippen molar-refractivity contribution in [3.05, 3.63) is 29.6 Å². The fraction of sp³-hybridized carbons (Fsp3) is 0.455. The highest BCUT2D eigenvalue weighted by molar-refractivity contribution is 5.39. The first-order valence-corrected chi connectivity index (χ1v) is 4.96. The van der Waals surface area contributed by atoms with Gasteiger partial charge in [0.1, 0.15) is 24.9 Å². The molecule has 1 aromatic rings. The van der Waals surface area contributed by atoms with E-state index in [9.17, 15) is 13.2 Å². The molecule has 0 saturated carbocycles. The maximum Gasteiger partial charge on any atom is 0.167 e. The number of benzene rings is 1. The lowest BCUT2D eigenvalue weighted by atomic mass is 9.89. The van der Waals surface area contributed by atoms with Gasteiger partial charge in [0.25, 0.3) is 0 Å². The summed E-state index contributed by atoms with van der Waals surface area (Å²) >= 11 is 0. The van der Waals surface area contributed by atoms with E-state index in [4.69, 9.17) is 10.5 Å². The van der Waals surface area contributed by atoms with Crippen LogP contribution in [0, 0.1) is 5.82 Å². The number of rotatable bonds is 2. The zero-order valence-corrected chi connectivity index (χ0v) is 8.55. The Morgan fingerprint density at radius 2 is 2.06 bits per heavy atom. The van der Waals surface area contributed by atoms with Crippen LogP contribution in [0.25, 0.3) is 0 Å². The standard InChI is InChI=1S/C11H12F3NO/c12-5-11(6-13)4-9(15)8-2-1-7(14)3-10(8)16-11/h1-3,9H,4-6,15H2. The number of hydrogen-bond donors (Lipinski definition) is 1. The Bertz CT molecular complexity index is 393. The van der Waals surface area contributed by atoms with E-state index in [0.29, 0.717) is 5.56 Å². The Hall–Kier alpha value is -1.23. The molecule has 88 valence electrons. The molecular formula is C11H12F3NO. The Morgan fingerprint density at radius 3 is 2.69 bits per heavy atom. The molecule has 2 rings (SSSR count). The smallest absolute Gasteiger partial charge is 0.167 e. The lowest BCUT2D eigenvalue weighted by Crippen LogP contribution is -2.46. The second-order valence-corrected chi connectivity index (χ2v) is 4.05. The molecule has 0 fully saturated rings. The van der Waals surface area contributed by atoms with E-state index in [1.54, 1.807) is 0 Å². The van der Waals surface area contributed by atoms with Gasteiger partial charge in [-0.1, -0.05) is 6.07 Å². The van der Waals surface area contributed by atoms with Crippen molar-refractivity contribution in [3.63, 3.8) is 0 Å². The Labute approximate surface area is 91.2 Å². The van der Waals surface area contributed by atoms with Crippen LogP contribution in [0.5, 0.6) is 5.75 Å². The molecule has 16 heavy (non-hydrogen) atoms. The monoisotopic (exact) mass is 231 g/mol. The summed E-state index contributed by atoms with van der Waals surface area (Å²) in [5.41, 5.74) is 4.81. The first-order chi connectivity index (χ1) is 7.60. The van der Waals surface area contributed by atoms with E-state index < -0.39 is 30.8 Å². The van der Waals surface area contributed by atoms with Gasteiger partial charge in [-0.15, -0.1) is 0 Å². The third-order valence-electron chi connectivity index (χ3n) is 2.78. The third kappa shape index (κ3) is 1.75. The van der Waals surface area contributed by atoms with Crippen molar-refractivity contribution in [3.8, 4) is 5.75 Å². The third-order valence-corrected chi connectivity index (χ3v) is 2.78. The van der Waals surface area contributed by atoms with Crippen LogP contribution >= 0.6 is 0 Å². The summed E-state index contributed by atoms with van der Waals surface area (Å²) in [6.45, 7) is -1.96. The zero-order chi connectivity index (χ0) is 11.8. The predicted molar refractivity (Wildman–Crippen MR) is 53.3 cm³/mol. The summed E-state index contributed by atoms with van der Waals surface area (Å²) in [5, 5.41) is 0. The minimum atomic E-state index is -1.56. The zero-order valence-electron chi connectivity index (χ0n) is 8.55. The van der Waals surface area contributed by atoms with Crippen LogP contribution in [0.4, 0.5) is 13.2 Å². The number of fused-ring (bicyclic) bond motifs is 1. The normalized spacial score (nSPS) is 22.4. The molecule has 5 heteroatoms. The molecule has 1 aliphatic heterocycles. The molecule has 2 N–H and O–H groups in total. The topological polar surface area (TPSA) is 35.2 Å². The van der Waals surface area contributed by atoms with Gasteiger partial charge in [-0.3, -0.25) is 0 Å². The Balaban J connectivity index is 2.41. The number of halogens is 3. The fourth-order valence-electron chi connectivity index (χ4n) is 1.89. The molecule has 0 saturated heterocycles. The highest BCUT2D eigenvalue weighted by atomic mass is 19.1. The average Bonchev–Trinajstić information content (AvgIpc) is 2.28. The molecule has 1 aromatic carbocycles. The van der Waals surface area contributed by atoms with Gasteiger partial charge in [0.15, 0.2) is 5.60 Å². The minimum Gasteiger partial charge on any atom is -0.481 e. The second-order valence-electron chi connectivity index (χ2n) is 4.05. The molecule has 0 aromatic heterocycles. The van der Waals surface area contributed by atoms with Crippen LogP contribution in [-0.4, -0.2) is 19.0 Å². The largest absolute Gasteiger partial charge is 0.481 e. The SMILES string of the molecule is NC1CC(CF)(CF)Oc2cc(F)ccc21. The molecule has 1 heterocycles. The van der Waals surface area contributed by atoms with E-state index in [2.05, 4.69) is 0 Å². The molecule has 0 aliphatic carbocycles. The highest BCUT2D eigenvalue weighted by Gasteiger charge is 2.40. The molecule has 0 radical (unpaired) electrons. The van der Waals surface area contributed by atoms with Gasteiger partial charge in [-0.2, -0.15) is 0 Å². The molecule has 1 atom stereocenters. The van der Waals surface area contributed by atoms with Crippen molar-refractivity contribution in [2.75, 3.05) is 13.3 Å². The van der Waals surface area contributed by atoms with Gasteiger partial charge in [-0.05, 0) is 6.07 Å². The quantitative estimate of drug-likeness (QED) is 0.847. The van der Waals surface area contributed by atoms with Crippen LogP contribution in [0.3, 0.4) is 0 Å². The molecule has 0 amide bonds. The first-order valence-electron chi connectivity index (χ1n) is 4.96. The van der Waals surface area contributed by atoms with Gasteiger partial charge in [0.2, 0.25) is 0 Å². The lowest BCUT2D eigenvalue weighted by molar-refractivity contribution is -0.00805. The summed E-state index contributed by atoms with van der Waals surface area (Å²) in [6, 6.07) is 3.31. The number of ether oxygens (including phenoxy) is 1. The van der Waals surface area contributed by atoms with Crippen LogP contribution in [-0.2, 0) is 0 Å². The number of alkyl halides is 2. The molecule has 1 aliphatic rings. The lowest BCUT2D eigenvalue weighted by Gasteiger charge is -2.37. The minimum absolute atomic E-state index is 0.0542. The van der Waals surface area contributed by atoms with E-state index in [1.165, 1.54) is 12.1 Å². The summed E-state index contributed by atoms with van der Waals surface area (Å²) in [6.07, 6.45) is 0.0542. The molecule has 0 spiro atoms. The van der Waals surface area contributed by atoms with Gasteiger partial charge in [-0.25, -0.2) is 13.2 Å². The van der Waals surface area contributed by atoms with E-state index >= 15 is 0 Å². The van der Waals surface area contributed by atoms with Gasteiger partial charge in [0.05, 0.1) is 0 Å². The van der Waals surface area contributed by atoms with Gasteiger partial charge < -0.3 is 10.5 Å². The second kappa shape index (κ2) is 3.97. The molecule has 1 unspecified atom stereocenters. The summed E-state index contributed by atoms with van der Waals surface area (Å²) in [5.74, 6) is -0.381. The summed E-state index contributed by atoms with van der Waals surface area (Å²) in [4.78, 5) is 0. The fourth-order valence-corrected chi connectivity index (χ4v) is 1.89. The maximum atomic E-state index is 13.0. The van der Waals surface area contributed by atoms with Crippen molar-refractivity contribution in [1.29, 1.82) is 0 Å². The summed E-state index contributed by atoms with van der Waals surface area (Å²) in [7, 11) is 0. The molecule has 0 bridgehead atoms. The number of nitrogens with two attached hydrogens (primary N) is 1.